The van der Waals surface area contributed by atoms with Crippen molar-refractivity contribution in [2.24, 2.45) is 0 Å². The molecule has 0 unspecified atom stereocenters. The number of nitrogens with two attached hydrogens (primary N) is 1. The molecule has 0 atom stereocenters. The number of nitrogens with zero attached hydrogens (tertiary/aromatic N) is 2. The quantitative estimate of drug-likeness (QED) is 0.833. The third kappa shape index (κ3) is 2.01. The van der Waals surface area contributed by atoms with E-state index in [1.165, 1.54) is 12.6 Å². The number of carbonyl (C=O) groups excluding carboxylic acids is 1. The van der Waals surface area contributed by atoms with E-state index in [2.05, 4.69) is 17.3 Å². The highest BCUT2D eigenvalue weighted by Gasteiger charge is 2.37. The van der Waals surface area contributed by atoms with Gasteiger partial charge in [0.25, 0.3) is 5.91 Å². The van der Waals surface area contributed by atoms with Crippen LogP contribution in [-0.2, 0) is 6.54 Å². The van der Waals surface area contributed by atoms with Gasteiger partial charge in [-0.25, -0.2) is 0 Å². The molecular weight excluding hydrogens is 216 g/mol. The highest BCUT2D eigenvalue weighted by Crippen LogP contribution is 2.35. The molecule has 1 aromatic heterocycles. The van der Waals surface area contributed by atoms with Crippen molar-refractivity contribution in [3.05, 3.63) is 11.9 Å². The van der Waals surface area contributed by atoms with Crippen molar-refractivity contribution in [1.82, 2.24) is 15.1 Å². The summed E-state index contributed by atoms with van der Waals surface area (Å²) in [6.07, 6.45) is 5.83. The monoisotopic (exact) mass is 236 g/mol. The van der Waals surface area contributed by atoms with Gasteiger partial charge in [0.2, 0.25) is 0 Å². The van der Waals surface area contributed by atoms with Crippen molar-refractivity contribution in [1.29, 1.82) is 0 Å². The van der Waals surface area contributed by atoms with Crippen molar-refractivity contribution in [2.45, 2.75) is 51.6 Å². The van der Waals surface area contributed by atoms with E-state index in [-0.39, 0.29) is 11.4 Å². The van der Waals surface area contributed by atoms with Gasteiger partial charge in [0.15, 0.2) is 0 Å². The Balaban J connectivity index is 2.16. The molecule has 0 saturated heterocycles. The maximum Gasteiger partial charge on any atom is 0.272 e. The minimum absolute atomic E-state index is 0.00757. The van der Waals surface area contributed by atoms with Gasteiger partial charge in [-0.3, -0.25) is 9.48 Å². The first-order chi connectivity index (χ1) is 8.12. The summed E-state index contributed by atoms with van der Waals surface area (Å²) in [6, 6.07) is 0. The Bertz CT molecular complexity index is 415. The summed E-state index contributed by atoms with van der Waals surface area (Å²) in [5.41, 5.74) is 6.73. The summed E-state index contributed by atoms with van der Waals surface area (Å²) in [7, 11) is 0. The Kier molecular flexibility index (Phi) is 3.09. The number of nitrogen functional groups attached to an aromatic ring is 1. The number of aromatic nitrogens is 2. The number of nitrogens with one attached hydrogen (secondary N) is 1. The van der Waals surface area contributed by atoms with Gasteiger partial charge in [-0.15, -0.1) is 0 Å². The van der Waals surface area contributed by atoms with Gasteiger partial charge in [-0.2, -0.15) is 5.10 Å². The summed E-state index contributed by atoms with van der Waals surface area (Å²) in [5.74, 6) is -0.0941. The van der Waals surface area contributed by atoms with Gasteiger partial charge in [0.1, 0.15) is 5.69 Å². The van der Waals surface area contributed by atoms with E-state index < -0.39 is 0 Å². The lowest BCUT2D eigenvalue weighted by atomic mass is 9.75. The molecule has 1 saturated carbocycles. The van der Waals surface area contributed by atoms with Gasteiger partial charge in [-0.1, -0.05) is 6.92 Å². The van der Waals surface area contributed by atoms with Crippen LogP contribution in [0.2, 0.25) is 0 Å². The first-order valence-corrected chi connectivity index (χ1v) is 6.25. The second-order valence-electron chi connectivity index (χ2n) is 4.71. The van der Waals surface area contributed by atoms with Gasteiger partial charge < -0.3 is 11.1 Å². The number of rotatable bonds is 4. The maximum absolute atomic E-state index is 12.2. The zero-order chi connectivity index (χ0) is 12.5. The van der Waals surface area contributed by atoms with E-state index >= 15 is 0 Å². The molecule has 1 aliphatic rings. The Labute approximate surface area is 101 Å². The number of hydrogen-bond acceptors (Lipinski definition) is 3. The van der Waals surface area contributed by atoms with Crippen LogP contribution in [0.4, 0.5) is 5.69 Å². The number of carbonyl (C=O) groups is 1. The van der Waals surface area contributed by atoms with Crippen molar-refractivity contribution < 1.29 is 4.79 Å². The van der Waals surface area contributed by atoms with E-state index in [1.807, 2.05) is 6.92 Å². The molecule has 2 rings (SSSR count). The molecule has 1 aromatic rings. The zero-order valence-corrected chi connectivity index (χ0v) is 10.5. The lowest BCUT2D eigenvalue weighted by molar-refractivity contribution is 0.0810. The Morgan fingerprint density at radius 3 is 2.76 bits per heavy atom. The van der Waals surface area contributed by atoms with Gasteiger partial charge in [0.05, 0.1) is 11.9 Å². The Morgan fingerprint density at radius 1 is 1.59 bits per heavy atom. The van der Waals surface area contributed by atoms with E-state index in [0.29, 0.717) is 17.9 Å². The first kappa shape index (κ1) is 12.0. The number of aryl methyl sites for hydroxylation is 1. The SMILES string of the molecule is CCn1ncc(N)c1C(=O)NC1(CC)CCC1. The second-order valence-corrected chi connectivity index (χ2v) is 4.71. The first-order valence-electron chi connectivity index (χ1n) is 6.25. The molecule has 5 nitrogen and oxygen atoms in total. The van der Waals surface area contributed by atoms with Crippen LogP contribution in [0, 0.1) is 0 Å². The molecule has 1 amide bonds. The number of anilines is 1. The van der Waals surface area contributed by atoms with E-state index in [4.69, 9.17) is 5.73 Å². The fourth-order valence-electron chi connectivity index (χ4n) is 2.36. The fourth-order valence-corrected chi connectivity index (χ4v) is 2.36. The van der Waals surface area contributed by atoms with Crippen LogP contribution >= 0.6 is 0 Å². The summed E-state index contributed by atoms with van der Waals surface area (Å²) < 4.78 is 1.65. The minimum Gasteiger partial charge on any atom is -0.396 e. The molecule has 0 aromatic carbocycles. The molecule has 0 radical (unpaired) electrons. The van der Waals surface area contributed by atoms with Crippen LogP contribution < -0.4 is 11.1 Å². The predicted molar refractivity (Wildman–Crippen MR) is 66.7 cm³/mol. The van der Waals surface area contributed by atoms with E-state index in [1.54, 1.807) is 4.68 Å². The molecule has 0 spiro atoms. The van der Waals surface area contributed by atoms with Crippen molar-refractivity contribution in [3.63, 3.8) is 0 Å². The van der Waals surface area contributed by atoms with Crippen molar-refractivity contribution in [2.75, 3.05) is 5.73 Å². The lowest BCUT2D eigenvalue weighted by Gasteiger charge is -2.42. The molecule has 1 fully saturated rings. The van der Waals surface area contributed by atoms with Gasteiger partial charge >= 0.3 is 0 Å². The van der Waals surface area contributed by atoms with Gasteiger partial charge in [0, 0.05) is 12.1 Å². The topological polar surface area (TPSA) is 72.9 Å². The molecule has 1 heterocycles. The summed E-state index contributed by atoms with van der Waals surface area (Å²) in [4.78, 5) is 12.2. The number of amides is 1. The predicted octanol–water partition coefficient (Wildman–Crippen LogP) is 1.55. The molecule has 3 N–H and O–H groups in total. The standard InChI is InChI=1S/C12H20N4O/c1-3-12(6-5-7-12)15-11(17)10-9(13)8-14-16(10)4-2/h8H,3-7,13H2,1-2H3,(H,15,17). The molecular formula is C12H20N4O. The zero-order valence-electron chi connectivity index (χ0n) is 10.5. The molecule has 0 aliphatic heterocycles. The number of hydrogen-bond donors (Lipinski definition) is 2. The third-order valence-corrected chi connectivity index (χ3v) is 3.75. The second kappa shape index (κ2) is 4.39. The van der Waals surface area contributed by atoms with Crippen molar-refractivity contribution in [3.8, 4) is 0 Å². The van der Waals surface area contributed by atoms with Crippen LogP contribution in [0.3, 0.4) is 0 Å². The van der Waals surface area contributed by atoms with Crippen molar-refractivity contribution >= 4 is 11.6 Å². The van der Waals surface area contributed by atoms with Crippen LogP contribution in [-0.4, -0.2) is 21.2 Å². The van der Waals surface area contributed by atoms with Crippen LogP contribution in [0.15, 0.2) is 6.20 Å². The Hall–Kier alpha value is -1.52. The van der Waals surface area contributed by atoms with E-state index in [9.17, 15) is 4.79 Å². The average molecular weight is 236 g/mol. The normalized spacial score (nSPS) is 17.5. The van der Waals surface area contributed by atoms with Crippen LogP contribution in [0.5, 0.6) is 0 Å². The fraction of sp³-hybridized carbons (Fsp3) is 0.667. The van der Waals surface area contributed by atoms with Crippen LogP contribution in [0.25, 0.3) is 0 Å². The average Bonchev–Trinajstić information content (AvgIpc) is 2.64. The lowest BCUT2D eigenvalue weighted by Crippen LogP contribution is -2.53. The third-order valence-electron chi connectivity index (χ3n) is 3.75. The minimum atomic E-state index is -0.0941. The van der Waals surface area contributed by atoms with Crippen LogP contribution in [0.1, 0.15) is 50.0 Å². The Morgan fingerprint density at radius 2 is 2.29 bits per heavy atom. The summed E-state index contributed by atoms with van der Waals surface area (Å²) in [5, 5.41) is 7.20. The largest absolute Gasteiger partial charge is 0.396 e. The smallest absolute Gasteiger partial charge is 0.272 e. The maximum atomic E-state index is 12.2. The summed E-state index contributed by atoms with van der Waals surface area (Å²) >= 11 is 0. The highest BCUT2D eigenvalue weighted by atomic mass is 16.2. The highest BCUT2D eigenvalue weighted by molar-refractivity contribution is 5.97. The molecule has 1 aliphatic carbocycles. The summed E-state index contributed by atoms with van der Waals surface area (Å²) in [6.45, 7) is 4.71. The molecule has 5 heteroatoms. The molecule has 0 bridgehead atoms. The van der Waals surface area contributed by atoms with Gasteiger partial charge in [-0.05, 0) is 32.6 Å². The molecule has 94 valence electrons. The molecule has 17 heavy (non-hydrogen) atoms. The van der Waals surface area contributed by atoms with E-state index in [0.717, 1.165) is 19.3 Å².